The number of nitrogens with one attached hydrogen (secondary N) is 1. The number of amides is 1. The van der Waals surface area contributed by atoms with Crippen molar-refractivity contribution < 1.29 is 4.79 Å². The van der Waals surface area contributed by atoms with Crippen LogP contribution in [0.3, 0.4) is 0 Å². The molecule has 0 spiro atoms. The molecule has 5 heteroatoms. The average molecular weight is 401 g/mol. The van der Waals surface area contributed by atoms with Crippen molar-refractivity contribution in [1.82, 2.24) is 4.90 Å². The van der Waals surface area contributed by atoms with Gasteiger partial charge in [0.25, 0.3) is 0 Å². The van der Waals surface area contributed by atoms with Crippen LogP contribution in [0, 0.1) is 10.5 Å². The summed E-state index contributed by atoms with van der Waals surface area (Å²) in [7, 11) is 0. The highest BCUT2D eigenvalue weighted by Crippen LogP contribution is 2.22. The van der Waals surface area contributed by atoms with Crippen molar-refractivity contribution in [3.63, 3.8) is 0 Å². The summed E-state index contributed by atoms with van der Waals surface area (Å²) in [6, 6.07) is 6.81. The van der Waals surface area contributed by atoms with E-state index in [1.54, 1.807) is 0 Å². The summed E-state index contributed by atoms with van der Waals surface area (Å²) in [5.41, 5.74) is 7.84. The first-order valence-corrected chi connectivity index (χ1v) is 8.61. The first kappa shape index (κ1) is 16.7. The second kappa shape index (κ2) is 7.56. The third kappa shape index (κ3) is 4.40. The Labute approximate surface area is 140 Å². The molecule has 1 aromatic rings. The van der Waals surface area contributed by atoms with E-state index in [4.69, 9.17) is 5.73 Å². The molecule has 0 bridgehead atoms. The first-order valence-electron chi connectivity index (χ1n) is 7.53. The zero-order valence-electron chi connectivity index (χ0n) is 12.7. The van der Waals surface area contributed by atoms with E-state index < -0.39 is 0 Å². The van der Waals surface area contributed by atoms with E-state index in [0.29, 0.717) is 25.2 Å². The molecule has 1 saturated heterocycles. The highest BCUT2D eigenvalue weighted by atomic mass is 127. The van der Waals surface area contributed by atoms with Crippen LogP contribution < -0.4 is 11.1 Å². The van der Waals surface area contributed by atoms with Gasteiger partial charge in [-0.15, -0.1) is 0 Å². The van der Waals surface area contributed by atoms with E-state index in [1.165, 1.54) is 9.99 Å². The van der Waals surface area contributed by atoms with Crippen LogP contribution in [0.25, 0.3) is 0 Å². The Kier molecular flexibility index (Phi) is 6.01. The Balaban J connectivity index is 2.00. The van der Waals surface area contributed by atoms with Crippen molar-refractivity contribution in [3.05, 3.63) is 27.3 Å². The maximum Gasteiger partial charge on any atom is 0.238 e. The molecule has 21 heavy (non-hydrogen) atoms. The Hall–Kier alpha value is -0.660. The molecule has 1 fully saturated rings. The van der Waals surface area contributed by atoms with E-state index in [9.17, 15) is 4.79 Å². The maximum absolute atomic E-state index is 12.3. The molecule has 116 valence electrons. The second-order valence-corrected chi connectivity index (χ2v) is 7.09. The quantitative estimate of drug-likeness (QED) is 0.763. The molecule has 2 unspecified atom stereocenters. The van der Waals surface area contributed by atoms with Gasteiger partial charge in [-0.25, -0.2) is 0 Å². The number of rotatable bonds is 4. The lowest BCUT2D eigenvalue weighted by Gasteiger charge is -2.39. The van der Waals surface area contributed by atoms with Crippen molar-refractivity contribution in [2.45, 2.75) is 45.2 Å². The van der Waals surface area contributed by atoms with Crippen LogP contribution in [0.1, 0.15) is 31.7 Å². The molecular weight excluding hydrogens is 377 g/mol. The smallest absolute Gasteiger partial charge is 0.238 e. The number of hydrogen-bond acceptors (Lipinski definition) is 3. The van der Waals surface area contributed by atoms with Crippen LogP contribution in [0.4, 0.5) is 5.69 Å². The molecule has 0 aromatic heterocycles. The zero-order chi connectivity index (χ0) is 15.4. The minimum atomic E-state index is 0.0477. The number of likely N-dealkylation sites (tertiary alicyclic amines) is 1. The summed E-state index contributed by atoms with van der Waals surface area (Å²) >= 11 is 2.28. The summed E-state index contributed by atoms with van der Waals surface area (Å²) in [4.78, 5) is 14.6. The van der Waals surface area contributed by atoms with Crippen molar-refractivity contribution in [1.29, 1.82) is 0 Å². The van der Waals surface area contributed by atoms with E-state index >= 15 is 0 Å². The number of piperidine rings is 1. The Morgan fingerprint density at radius 3 is 2.90 bits per heavy atom. The molecule has 3 N–H and O–H groups in total. The molecule has 0 aliphatic carbocycles. The lowest BCUT2D eigenvalue weighted by atomic mass is 9.96. The number of aryl methyl sites for hydroxylation is 1. The number of hydrogen-bond donors (Lipinski definition) is 2. The van der Waals surface area contributed by atoms with Gasteiger partial charge in [-0.3, -0.25) is 9.69 Å². The van der Waals surface area contributed by atoms with Crippen LogP contribution in [0.15, 0.2) is 18.2 Å². The fraction of sp³-hybridized carbons (Fsp3) is 0.562. The van der Waals surface area contributed by atoms with Gasteiger partial charge >= 0.3 is 0 Å². The average Bonchev–Trinajstić information content (AvgIpc) is 2.44. The number of halogens is 1. The highest BCUT2D eigenvalue weighted by molar-refractivity contribution is 14.1. The number of nitrogens with two attached hydrogens (primary N) is 1. The van der Waals surface area contributed by atoms with E-state index in [0.717, 1.165) is 24.1 Å². The van der Waals surface area contributed by atoms with E-state index in [-0.39, 0.29) is 5.91 Å². The van der Waals surface area contributed by atoms with Gasteiger partial charge in [-0.1, -0.05) is 6.42 Å². The van der Waals surface area contributed by atoms with Gasteiger partial charge in [0.1, 0.15) is 0 Å². The first-order chi connectivity index (χ1) is 10.0. The van der Waals surface area contributed by atoms with Gasteiger partial charge in [-0.05, 0) is 73.0 Å². The molecule has 1 amide bonds. The summed E-state index contributed by atoms with van der Waals surface area (Å²) in [6.45, 7) is 5.25. The molecule has 0 saturated carbocycles. The standard InChI is InChI=1S/C16H24IN3O/c1-11-8-13(17)6-7-15(11)19-16(21)10-20-12(2)4-3-5-14(20)9-18/h6-8,12,14H,3-5,9-10,18H2,1-2H3,(H,19,21). The molecule has 1 aliphatic rings. The fourth-order valence-electron chi connectivity index (χ4n) is 3.00. The Morgan fingerprint density at radius 1 is 1.48 bits per heavy atom. The third-order valence-corrected chi connectivity index (χ3v) is 4.93. The topological polar surface area (TPSA) is 58.4 Å². The van der Waals surface area contributed by atoms with Crippen LogP contribution in [0.5, 0.6) is 0 Å². The molecular formula is C16H24IN3O. The van der Waals surface area contributed by atoms with Crippen molar-refractivity contribution in [2.75, 3.05) is 18.4 Å². The number of benzene rings is 1. The largest absolute Gasteiger partial charge is 0.329 e. The van der Waals surface area contributed by atoms with Gasteiger partial charge in [-0.2, -0.15) is 0 Å². The number of anilines is 1. The summed E-state index contributed by atoms with van der Waals surface area (Å²) < 4.78 is 1.18. The normalized spacial score (nSPS) is 23.0. The Bertz CT molecular complexity index is 506. The molecule has 2 atom stereocenters. The summed E-state index contributed by atoms with van der Waals surface area (Å²) in [6.07, 6.45) is 3.44. The molecule has 4 nitrogen and oxygen atoms in total. The molecule has 1 heterocycles. The zero-order valence-corrected chi connectivity index (χ0v) is 14.9. The third-order valence-electron chi connectivity index (χ3n) is 4.26. The van der Waals surface area contributed by atoms with Crippen LogP contribution in [-0.4, -0.2) is 36.0 Å². The van der Waals surface area contributed by atoms with Crippen LogP contribution >= 0.6 is 22.6 Å². The predicted octanol–water partition coefficient (Wildman–Crippen LogP) is 2.74. The summed E-state index contributed by atoms with van der Waals surface area (Å²) in [5, 5.41) is 3.03. The van der Waals surface area contributed by atoms with Crippen molar-refractivity contribution >= 4 is 34.2 Å². The van der Waals surface area contributed by atoms with Crippen LogP contribution in [0.2, 0.25) is 0 Å². The lowest BCUT2D eigenvalue weighted by molar-refractivity contribution is -0.118. The molecule has 0 radical (unpaired) electrons. The lowest BCUT2D eigenvalue weighted by Crippen LogP contribution is -2.51. The van der Waals surface area contributed by atoms with Gasteiger partial charge in [0, 0.05) is 27.9 Å². The van der Waals surface area contributed by atoms with Crippen molar-refractivity contribution in [3.8, 4) is 0 Å². The fourth-order valence-corrected chi connectivity index (χ4v) is 3.65. The predicted molar refractivity (Wildman–Crippen MR) is 95.4 cm³/mol. The monoisotopic (exact) mass is 401 g/mol. The van der Waals surface area contributed by atoms with Gasteiger partial charge in [0.15, 0.2) is 0 Å². The number of carbonyl (C=O) groups excluding carboxylic acids is 1. The number of carbonyl (C=O) groups is 1. The second-order valence-electron chi connectivity index (χ2n) is 5.85. The van der Waals surface area contributed by atoms with Crippen molar-refractivity contribution in [2.24, 2.45) is 5.73 Å². The van der Waals surface area contributed by atoms with Gasteiger partial charge < -0.3 is 11.1 Å². The van der Waals surface area contributed by atoms with E-state index in [1.807, 2.05) is 19.1 Å². The molecule has 1 aliphatic heterocycles. The minimum absolute atomic E-state index is 0.0477. The highest BCUT2D eigenvalue weighted by Gasteiger charge is 2.28. The minimum Gasteiger partial charge on any atom is -0.329 e. The van der Waals surface area contributed by atoms with Crippen LogP contribution in [-0.2, 0) is 4.79 Å². The van der Waals surface area contributed by atoms with Gasteiger partial charge in [0.2, 0.25) is 5.91 Å². The molecule has 1 aromatic carbocycles. The number of nitrogens with zero attached hydrogens (tertiary/aromatic N) is 1. The van der Waals surface area contributed by atoms with Gasteiger partial charge in [0.05, 0.1) is 6.54 Å². The SMILES string of the molecule is Cc1cc(I)ccc1NC(=O)CN1C(C)CCCC1CN. The summed E-state index contributed by atoms with van der Waals surface area (Å²) in [5.74, 6) is 0.0477. The maximum atomic E-state index is 12.3. The molecule has 2 rings (SSSR count). The Morgan fingerprint density at radius 2 is 2.24 bits per heavy atom. The van der Waals surface area contributed by atoms with E-state index in [2.05, 4.69) is 45.8 Å².